The molecule has 27 heavy (non-hydrogen) atoms. The molecular weight excluding hydrogens is 368 g/mol. The number of rotatable bonds is 4. The second-order valence-corrected chi connectivity index (χ2v) is 7.25. The number of ether oxygens (including phenoxy) is 2. The number of halogens is 1. The fraction of sp³-hybridized carbons (Fsp3) is 0.526. The molecule has 1 unspecified atom stereocenters. The normalized spacial score (nSPS) is 16.6. The maximum Gasteiger partial charge on any atom is 0.220 e. The summed E-state index contributed by atoms with van der Waals surface area (Å²) in [4.78, 5) is 12.3. The molecule has 1 saturated heterocycles. The minimum atomic E-state index is -0.186. The molecule has 3 heterocycles. The SMILES string of the molecule is Cc1cc(OCC(C)C)ncc1-c1nc(N)ncc1Cl.OC1CCCOC1. The number of aryl methyl sites for hydroxylation is 1. The van der Waals surface area contributed by atoms with Gasteiger partial charge in [0.1, 0.15) is 0 Å². The van der Waals surface area contributed by atoms with Crippen molar-refractivity contribution in [2.24, 2.45) is 5.92 Å². The Kier molecular flexibility index (Phi) is 8.22. The Morgan fingerprint density at radius 2 is 2.15 bits per heavy atom. The van der Waals surface area contributed by atoms with E-state index in [1.165, 1.54) is 6.20 Å². The molecule has 7 nitrogen and oxygen atoms in total. The molecular formula is C19H27ClN4O3. The molecule has 1 aliphatic heterocycles. The van der Waals surface area contributed by atoms with Crippen LogP contribution in [0.15, 0.2) is 18.5 Å². The van der Waals surface area contributed by atoms with Gasteiger partial charge in [0.15, 0.2) is 0 Å². The summed E-state index contributed by atoms with van der Waals surface area (Å²) in [7, 11) is 0. The van der Waals surface area contributed by atoms with E-state index in [0.717, 1.165) is 30.6 Å². The highest BCUT2D eigenvalue weighted by Crippen LogP contribution is 2.29. The highest BCUT2D eigenvalue weighted by Gasteiger charge is 2.11. The van der Waals surface area contributed by atoms with E-state index in [-0.39, 0.29) is 12.1 Å². The topological polar surface area (TPSA) is 103 Å². The lowest BCUT2D eigenvalue weighted by molar-refractivity contribution is -0.00535. The van der Waals surface area contributed by atoms with Crippen molar-refractivity contribution < 1.29 is 14.6 Å². The maximum atomic E-state index is 8.78. The first-order valence-corrected chi connectivity index (χ1v) is 9.38. The first kappa shape index (κ1) is 21.3. The van der Waals surface area contributed by atoms with Gasteiger partial charge in [-0.25, -0.2) is 15.0 Å². The standard InChI is InChI=1S/C14H17ClN4O.C5H10O2/c1-8(2)7-20-12-4-9(3)10(5-17-12)13-11(15)6-18-14(16)19-13;6-5-2-1-3-7-4-5/h4-6,8H,7H2,1-3H3,(H2,16,18,19);5-6H,1-4H2. The van der Waals surface area contributed by atoms with Gasteiger partial charge in [-0.15, -0.1) is 0 Å². The summed E-state index contributed by atoms with van der Waals surface area (Å²) in [5.74, 6) is 1.23. The number of nitrogens with zero attached hydrogens (tertiary/aromatic N) is 3. The molecule has 0 aromatic carbocycles. The van der Waals surface area contributed by atoms with Crippen LogP contribution in [-0.4, -0.2) is 46.0 Å². The monoisotopic (exact) mass is 394 g/mol. The lowest BCUT2D eigenvalue weighted by Gasteiger charge is -2.15. The number of pyridine rings is 1. The number of hydrogen-bond donors (Lipinski definition) is 2. The summed E-state index contributed by atoms with van der Waals surface area (Å²) < 4.78 is 10.5. The largest absolute Gasteiger partial charge is 0.477 e. The van der Waals surface area contributed by atoms with Gasteiger partial charge in [0.05, 0.1) is 36.2 Å². The van der Waals surface area contributed by atoms with E-state index in [2.05, 4.69) is 28.8 Å². The number of nitrogen functional groups attached to an aromatic ring is 1. The van der Waals surface area contributed by atoms with Crippen LogP contribution in [0.2, 0.25) is 5.02 Å². The van der Waals surface area contributed by atoms with Gasteiger partial charge in [-0.1, -0.05) is 25.4 Å². The molecule has 0 saturated carbocycles. The van der Waals surface area contributed by atoms with Crippen molar-refractivity contribution in [2.45, 2.75) is 39.7 Å². The van der Waals surface area contributed by atoms with Crippen molar-refractivity contribution in [3.8, 4) is 17.1 Å². The Hall–Kier alpha value is -1.96. The van der Waals surface area contributed by atoms with Crippen LogP contribution in [0, 0.1) is 12.8 Å². The zero-order valence-electron chi connectivity index (χ0n) is 16.0. The van der Waals surface area contributed by atoms with Crippen LogP contribution in [0.3, 0.4) is 0 Å². The Labute approximate surface area is 164 Å². The number of anilines is 1. The Balaban J connectivity index is 0.000000313. The quantitative estimate of drug-likeness (QED) is 0.819. The molecule has 148 valence electrons. The summed E-state index contributed by atoms with van der Waals surface area (Å²) in [6.07, 6.45) is 4.93. The molecule has 0 amide bonds. The van der Waals surface area contributed by atoms with Gasteiger partial charge in [0, 0.05) is 24.4 Å². The van der Waals surface area contributed by atoms with E-state index in [9.17, 15) is 0 Å². The molecule has 8 heteroatoms. The van der Waals surface area contributed by atoms with Crippen LogP contribution in [-0.2, 0) is 4.74 Å². The Morgan fingerprint density at radius 3 is 2.70 bits per heavy atom. The minimum absolute atomic E-state index is 0.184. The Bertz CT molecular complexity index is 737. The maximum absolute atomic E-state index is 8.78. The summed E-state index contributed by atoms with van der Waals surface area (Å²) in [6.45, 7) is 8.13. The molecule has 0 radical (unpaired) electrons. The van der Waals surface area contributed by atoms with Crippen molar-refractivity contribution in [3.05, 3.63) is 29.0 Å². The van der Waals surface area contributed by atoms with Crippen molar-refractivity contribution in [3.63, 3.8) is 0 Å². The molecule has 1 aliphatic rings. The molecule has 3 N–H and O–H groups in total. The lowest BCUT2D eigenvalue weighted by atomic mass is 10.1. The van der Waals surface area contributed by atoms with Crippen molar-refractivity contribution in [2.75, 3.05) is 25.6 Å². The molecule has 2 aromatic rings. The van der Waals surface area contributed by atoms with Gasteiger partial charge in [-0.3, -0.25) is 0 Å². The second-order valence-electron chi connectivity index (χ2n) is 6.84. The zero-order valence-corrected chi connectivity index (χ0v) is 16.7. The first-order chi connectivity index (χ1) is 12.9. The van der Waals surface area contributed by atoms with Gasteiger partial charge < -0.3 is 20.3 Å². The molecule has 3 rings (SSSR count). The first-order valence-electron chi connectivity index (χ1n) is 9.00. The van der Waals surface area contributed by atoms with E-state index in [1.807, 2.05) is 13.0 Å². The highest BCUT2D eigenvalue weighted by molar-refractivity contribution is 6.32. The molecule has 2 aromatic heterocycles. The number of nitrogens with two attached hydrogens (primary N) is 1. The van der Waals surface area contributed by atoms with Gasteiger partial charge in [-0.2, -0.15) is 0 Å². The fourth-order valence-electron chi connectivity index (χ4n) is 2.40. The smallest absolute Gasteiger partial charge is 0.220 e. The zero-order chi connectivity index (χ0) is 19.8. The van der Waals surface area contributed by atoms with E-state index in [4.69, 9.17) is 31.9 Å². The van der Waals surface area contributed by atoms with Gasteiger partial charge in [-0.05, 0) is 31.2 Å². The molecule has 0 bridgehead atoms. The van der Waals surface area contributed by atoms with E-state index in [0.29, 0.717) is 35.7 Å². The lowest BCUT2D eigenvalue weighted by Crippen LogP contribution is -2.21. The average Bonchev–Trinajstić information content (AvgIpc) is 2.63. The predicted molar refractivity (Wildman–Crippen MR) is 106 cm³/mol. The predicted octanol–water partition coefficient (Wildman–Crippen LogP) is 3.28. The van der Waals surface area contributed by atoms with E-state index in [1.54, 1.807) is 6.20 Å². The molecule has 0 spiro atoms. The third-order valence-corrected chi connectivity index (χ3v) is 4.08. The number of aromatic nitrogens is 3. The van der Waals surface area contributed by atoms with Crippen LogP contribution < -0.4 is 10.5 Å². The Morgan fingerprint density at radius 1 is 1.37 bits per heavy atom. The van der Waals surface area contributed by atoms with Crippen LogP contribution in [0.4, 0.5) is 5.95 Å². The molecule has 1 atom stereocenters. The van der Waals surface area contributed by atoms with Crippen LogP contribution in [0.5, 0.6) is 5.88 Å². The summed E-state index contributed by atoms with van der Waals surface area (Å²) in [5.41, 5.74) is 7.97. The van der Waals surface area contributed by atoms with Crippen molar-refractivity contribution in [1.29, 1.82) is 0 Å². The molecule has 0 aliphatic carbocycles. The minimum Gasteiger partial charge on any atom is -0.477 e. The average molecular weight is 395 g/mol. The fourth-order valence-corrected chi connectivity index (χ4v) is 2.60. The van der Waals surface area contributed by atoms with Gasteiger partial charge >= 0.3 is 0 Å². The van der Waals surface area contributed by atoms with E-state index < -0.39 is 0 Å². The number of aliphatic hydroxyl groups excluding tert-OH is 1. The number of aliphatic hydroxyl groups is 1. The van der Waals surface area contributed by atoms with Gasteiger partial charge in [0.25, 0.3) is 0 Å². The summed E-state index contributed by atoms with van der Waals surface area (Å²) in [5, 5.41) is 9.23. The third kappa shape index (κ3) is 6.93. The third-order valence-electron chi connectivity index (χ3n) is 3.80. The summed E-state index contributed by atoms with van der Waals surface area (Å²) >= 11 is 6.11. The van der Waals surface area contributed by atoms with Crippen molar-refractivity contribution >= 4 is 17.5 Å². The van der Waals surface area contributed by atoms with Crippen LogP contribution in [0.1, 0.15) is 32.3 Å². The summed E-state index contributed by atoms with van der Waals surface area (Å²) in [6, 6.07) is 1.87. The van der Waals surface area contributed by atoms with Gasteiger partial charge in [0.2, 0.25) is 11.8 Å². The van der Waals surface area contributed by atoms with Crippen molar-refractivity contribution in [1.82, 2.24) is 15.0 Å². The van der Waals surface area contributed by atoms with Crippen LogP contribution in [0.25, 0.3) is 11.3 Å². The number of hydrogen-bond acceptors (Lipinski definition) is 7. The second kappa shape index (κ2) is 10.4. The van der Waals surface area contributed by atoms with E-state index >= 15 is 0 Å². The molecule has 1 fully saturated rings. The highest BCUT2D eigenvalue weighted by atomic mass is 35.5. The van der Waals surface area contributed by atoms with Crippen LogP contribution >= 0.6 is 11.6 Å².